The van der Waals surface area contributed by atoms with Crippen molar-refractivity contribution in [3.8, 4) is 0 Å². The van der Waals surface area contributed by atoms with Crippen LogP contribution in [0.25, 0.3) is 0 Å². The van der Waals surface area contributed by atoms with Crippen LogP contribution < -0.4 is 0 Å². The average Bonchev–Trinajstić information content (AvgIpc) is 2.75. The first-order valence-corrected chi connectivity index (χ1v) is 6.46. The summed E-state index contributed by atoms with van der Waals surface area (Å²) >= 11 is 6.45. The molecule has 1 unspecified atom stereocenters. The summed E-state index contributed by atoms with van der Waals surface area (Å²) in [5.74, 6) is 1.39. The Morgan fingerprint density at radius 2 is 1.83 bits per heavy atom. The molecule has 0 saturated carbocycles. The molecule has 96 valence electrons. The largest absolute Gasteiger partial charge is 0.464 e. The summed E-state index contributed by atoms with van der Waals surface area (Å²) in [5.41, 5.74) is 2.62. The lowest BCUT2D eigenvalue weighted by molar-refractivity contribution is 0.474. The molecule has 0 aliphatic carbocycles. The monoisotopic (exact) mass is 266 g/mol. The Morgan fingerprint density at radius 3 is 2.33 bits per heavy atom. The van der Waals surface area contributed by atoms with Crippen molar-refractivity contribution in [1.29, 1.82) is 0 Å². The highest BCUT2D eigenvalue weighted by Crippen LogP contribution is 2.34. The van der Waals surface area contributed by atoms with E-state index in [2.05, 4.69) is 0 Å². The van der Waals surface area contributed by atoms with E-state index in [0.29, 0.717) is 5.76 Å². The number of rotatable bonds is 3. The lowest BCUT2D eigenvalue weighted by atomic mass is 9.98. The van der Waals surface area contributed by atoms with Gasteiger partial charge in [-0.15, -0.1) is 11.6 Å². The summed E-state index contributed by atoms with van der Waals surface area (Å²) in [4.78, 5) is 0. The molecule has 0 bridgehead atoms. The third-order valence-electron chi connectivity index (χ3n) is 3.09. The van der Waals surface area contributed by atoms with Gasteiger partial charge < -0.3 is 4.42 Å². The van der Waals surface area contributed by atoms with Gasteiger partial charge in [0.25, 0.3) is 0 Å². The highest BCUT2D eigenvalue weighted by Gasteiger charge is 2.19. The smallest absolute Gasteiger partial charge is 0.126 e. The summed E-state index contributed by atoms with van der Waals surface area (Å²) in [6.07, 6.45) is 0.838. The summed E-state index contributed by atoms with van der Waals surface area (Å²) in [5, 5.41) is -0.370. The summed E-state index contributed by atoms with van der Waals surface area (Å²) in [6.45, 7) is 5.76. The van der Waals surface area contributed by atoms with Crippen LogP contribution in [0.5, 0.6) is 0 Å². The van der Waals surface area contributed by atoms with Crippen molar-refractivity contribution in [2.24, 2.45) is 0 Å². The number of alkyl halides is 1. The van der Waals surface area contributed by atoms with Gasteiger partial charge in [0.2, 0.25) is 0 Å². The Bertz CT molecular complexity index is 536. The summed E-state index contributed by atoms with van der Waals surface area (Å²) in [6, 6.07) is 6.82. The first-order valence-electron chi connectivity index (χ1n) is 6.02. The number of halogens is 2. The Labute approximate surface area is 112 Å². The Balaban J connectivity index is 2.42. The molecule has 0 spiro atoms. The lowest BCUT2D eigenvalue weighted by Crippen LogP contribution is -1.99. The van der Waals surface area contributed by atoms with Gasteiger partial charge in [0, 0.05) is 6.42 Å². The van der Waals surface area contributed by atoms with Gasteiger partial charge in [0.05, 0.1) is 0 Å². The Morgan fingerprint density at radius 1 is 1.22 bits per heavy atom. The van der Waals surface area contributed by atoms with Crippen LogP contribution >= 0.6 is 11.6 Å². The summed E-state index contributed by atoms with van der Waals surface area (Å²) < 4.78 is 18.9. The second-order valence-corrected chi connectivity index (χ2v) is 4.91. The molecule has 0 N–H and O–H groups in total. The minimum atomic E-state index is -0.370. The molecule has 0 aliphatic rings. The standard InChI is InChI=1S/C15H16ClFO/c1-4-12-5-6-13(18-12)15(16)14-9(2)7-11(17)8-10(14)3/h5-8,15H,4H2,1-3H3. The molecule has 1 aromatic heterocycles. The van der Waals surface area contributed by atoms with E-state index < -0.39 is 0 Å². The predicted octanol–water partition coefficient (Wildman–Crippen LogP) is 4.93. The van der Waals surface area contributed by atoms with E-state index in [1.807, 2.05) is 32.9 Å². The first-order chi connectivity index (χ1) is 8.52. The second kappa shape index (κ2) is 5.15. The number of hydrogen-bond acceptors (Lipinski definition) is 1. The molecule has 18 heavy (non-hydrogen) atoms. The number of aryl methyl sites for hydroxylation is 3. The van der Waals surface area contributed by atoms with Crippen molar-refractivity contribution in [3.63, 3.8) is 0 Å². The van der Waals surface area contributed by atoms with Gasteiger partial charge in [0.1, 0.15) is 22.7 Å². The minimum Gasteiger partial charge on any atom is -0.464 e. The van der Waals surface area contributed by atoms with Crippen LogP contribution in [0.3, 0.4) is 0 Å². The number of furan rings is 1. The molecule has 2 aromatic rings. The normalized spacial score (nSPS) is 12.7. The van der Waals surface area contributed by atoms with Crippen LogP contribution in [-0.4, -0.2) is 0 Å². The molecule has 1 nitrogen and oxygen atoms in total. The van der Waals surface area contributed by atoms with Crippen LogP contribution in [0.4, 0.5) is 4.39 Å². The summed E-state index contributed by atoms with van der Waals surface area (Å²) in [7, 11) is 0. The molecule has 0 aliphatic heterocycles. The highest BCUT2D eigenvalue weighted by molar-refractivity contribution is 6.22. The molecule has 1 aromatic carbocycles. The van der Waals surface area contributed by atoms with Crippen LogP contribution in [0.2, 0.25) is 0 Å². The Kier molecular flexibility index (Phi) is 3.76. The zero-order valence-corrected chi connectivity index (χ0v) is 11.5. The first kappa shape index (κ1) is 13.2. The second-order valence-electron chi connectivity index (χ2n) is 4.47. The molecule has 3 heteroatoms. The minimum absolute atomic E-state index is 0.230. The fourth-order valence-corrected chi connectivity index (χ4v) is 2.65. The highest BCUT2D eigenvalue weighted by atomic mass is 35.5. The van der Waals surface area contributed by atoms with E-state index in [1.54, 1.807) is 0 Å². The van der Waals surface area contributed by atoms with E-state index >= 15 is 0 Å². The van der Waals surface area contributed by atoms with Gasteiger partial charge in [0.15, 0.2) is 0 Å². The van der Waals surface area contributed by atoms with Crippen LogP contribution in [0.1, 0.15) is 40.5 Å². The van der Waals surface area contributed by atoms with Crippen molar-refractivity contribution in [3.05, 3.63) is 58.3 Å². The maximum absolute atomic E-state index is 13.3. The van der Waals surface area contributed by atoms with Crippen LogP contribution in [0, 0.1) is 19.7 Å². The Hall–Kier alpha value is -1.28. The molecule has 1 atom stereocenters. The van der Waals surface area contributed by atoms with E-state index in [9.17, 15) is 4.39 Å². The van der Waals surface area contributed by atoms with Crippen molar-refractivity contribution in [1.82, 2.24) is 0 Å². The van der Waals surface area contributed by atoms with Gasteiger partial charge in [-0.3, -0.25) is 0 Å². The van der Waals surface area contributed by atoms with E-state index in [1.165, 1.54) is 12.1 Å². The molecule has 0 saturated heterocycles. The fourth-order valence-electron chi connectivity index (χ4n) is 2.18. The third-order valence-corrected chi connectivity index (χ3v) is 3.53. The molecule has 0 radical (unpaired) electrons. The maximum Gasteiger partial charge on any atom is 0.126 e. The molecule has 0 amide bonds. The van der Waals surface area contributed by atoms with Gasteiger partial charge in [-0.1, -0.05) is 6.92 Å². The third kappa shape index (κ3) is 2.44. The maximum atomic E-state index is 13.3. The molecule has 0 fully saturated rings. The van der Waals surface area contributed by atoms with Gasteiger partial charge in [-0.25, -0.2) is 4.39 Å². The van der Waals surface area contributed by atoms with Crippen LogP contribution in [-0.2, 0) is 6.42 Å². The van der Waals surface area contributed by atoms with Crippen molar-refractivity contribution in [2.75, 3.05) is 0 Å². The SMILES string of the molecule is CCc1ccc(C(Cl)c2c(C)cc(F)cc2C)o1. The lowest BCUT2D eigenvalue weighted by Gasteiger charge is -2.14. The van der Waals surface area contributed by atoms with Crippen molar-refractivity contribution < 1.29 is 8.81 Å². The van der Waals surface area contributed by atoms with Gasteiger partial charge in [-0.2, -0.15) is 0 Å². The molecular weight excluding hydrogens is 251 g/mol. The number of benzene rings is 1. The molecular formula is C15H16ClFO. The fraction of sp³-hybridized carbons (Fsp3) is 0.333. The van der Waals surface area contributed by atoms with E-state index in [4.69, 9.17) is 16.0 Å². The molecule has 2 rings (SSSR count). The number of hydrogen-bond donors (Lipinski definition) is 0. The molecule has 1 heterocycles. The predicted molar refractivity (Wildman–Crippen MR) is 71.7 cm³/mol. The van der Waals surface area contributed by atoms with Crippen LogP contribution in [0.15, 0.2) is 28.7 Å². The van der Waals surface area contributed by atoms with E-state index in [0.717, 1.165) is 28.9 Å². The zero-order valence-electron chi connectivity index (χ0n) is 10.8. The topological polar surface area (TPSA) is 13.1 Å². The van der Waals surface area contributed by atoms with Crippen molar-refractivity contribution >= 4 is 11.6 Å². The van der Waals surface area contributed by atoms with Crippen molar-refractivity contribution in [2.45, 2.75) is 32.6 Å². The average molecular weight is 267 g/mol. The van der Waals surface area contributed by atoms with Gasteiger partial charge >= 0.3 is 0 Å². The zero-order chi connectivity index (χ0) is 13.3. The van der Waals surface area contributed by atoms with Gasteiger partial charge in [-0.05, 0) is 54.8 Å². The quantitative estimate of drug-likeness (QED) is 0.718. The van der Waals surface area contributed by atoms with E-state index in [-0.39, 0.29) is 11.2 Å².